The molecule has 1 aromatic heterocycles. The second kappa shape index (κ2) is 9.11. The van der Waals surface area contributed by atoms with E-state index in [1.165, 1.54) is 12.1 Å². The number of nitrogens with one attached hydrogen (secondary N) is 2. The number of fused-ring (bicyclic) bond motifs is 1. The van der Waals surface area contributed by atoms with Crippen LogP contribution >= 0.6 is 0 Å². The molecule has 0 atom stereocenters. The summed E-state index contributed by atoms with van der Waals surface area (Å²) in [6.07, 6.45) is 0.721. The first-order valence-corrected chi connectivity index (χ1v) is 11.0. The fourth-order valence-electron chi connectivity index (χ4n) is 3.04. The Labute approximate surface area is 171 Å². The van der Waals surface area contributed by atoms with Gasteiger partial charge in [-0.3, -0.25) is 0 Å². The second-order valence-electron chi connectivity index (χ2n) is 6.71. The number of aliphatic imine (C=N–C) groups is 1. The van der Waals surface area contributed by atoms with Gasteiger partial charge in [0.1, 0.15) is 17.9 Å². The van der Waals surface area contributed by atoms with E-state index in [2.05, 4.69) is 15.6 Å². The summed E-state index contributed by atoms with van der Waals surface area (Å²) < 4.78 is 28.6. The van der Waals surface area contributed by atoms with Gasteiger partial charge in [-0.05, 0) is 44.0 Å². The number of hydrogen-bond acceptors (Lipinski definition) is 4. The number of nitrogens with two attached hydrogens (primary N) is 1. The van der Waals surface area contributed by atoms with Gasteiger partial charge in [-0.25, -0.2) is 18.5 Å². The summed E-state index contributed by atoms with van der Waals surface area (Å²) in [4.78, 5) is 4.74. The minimum absolute atomic E-state index is 0.116. The lowest BCUT2D eigenvalue weighted by Gasteiger charge is -2.11. The van der Waals surface area contributed by atoms with Crippen LogP contribution in [0.15, 0.2) is 62.8 Å². The van der Waals surface area contributed by atoms with Crippen molar-refractivity contribution in [2.75, 3.05) is 13.1 Å². The SMILES string of the molecule is CCNC(=NCc1oc2ccccc2c1C)NCCc1ccc(S(N)(=O)=O)cc1. The third-order valence-electron chi connectivity index (χ3n) is 4.63. The number of aryl methyl sites for hydroxylation is 1. The highest BCUT2D eigenvalue weighted by atomic mass is 32.2. The van der Waals surface area contributed by atoms with Crippen molar-refractivity contribution < 1.29 is 12.8 Å². The van der Waals surface area contributed by atoms with E-state index in [9.17, 15) is 8.42 Å². The molecule has 0 fully saturated rings. The molecule has 0 aliphatic rings. The van der Waals surface area contributed by atoms with Crippen LogP contribution in [0.3, 0.4) is 0 Å². The topological polar surface area (TPSA) is 110 Å². The van der Waals surface area contributed by atoms with E-state index in [1.54, 1.807) is 12.1 Å². The first-order chi connectivity index (χ1) is 13.9. The van der Waals surface area contributed by atoms with Crippen LogP contribution in [0.2, 0.25) is 0 Å². The molecule has 8 heteroatoms. The minimum atomic E-state index is -3.66. The number of sulfonamides is 1. The number of nitrogens with zero attached hydrogens (tertiary/aromatic N) is 1. The molecule has 29 heavy (non-hydrogen) atoms. The quantitative estimate of drug-likeness (QED) is 0.407. The molecule has 154 valence electrons. The van der Waals surface area contributed by atoms with Gasteiger partial charge < -0.3 is 15.1 Å². The average molecular weight is 415 g/mol. The van der Waals surface area contributed by atoms with Crippen LogP contribution in [-0.2, 0) is 23.0 Å². The fraction of sp³-hybridized carbons (Fsp3) is 0.286. The van der Waals surface area contributed by atoms with Crippen molar-refractivity contribution in [1.29, 1.82) is 0 Å². The van der Waals surface area contributed by atoms with E-state index in [4.69, 9.17) is 9.56 Å². The van der Waals surface area contributed by atoms with E-state index in [-0.39, 0.29) is 4.90 Å². The summed E-state index contributed by atoms with van der Waals surface area (Å²) in [6, 6.07) is 14.5. The van der Waals surface area contributed by atoms with Gasteiger partial charge in [0.2, 0.25) is 10.0 Å². The first kappa shape index (κ1) is 20.9. The van der Waals surface area contributed by atoms with E-state index >= 15 is 0 Å². The van der Waals surface area contributed by atoms with Crippen molar-refractivity contribution in [3.05, 3.63) is 65.4 Å². The second-order valence-corrected chi connectivity index (χ2v) is 8.27. The van der Waals surface area contributed by atoms with E-state index in [0.717, 1.165) is 40.8 Å². The predicted molar refractivity (Wildman–Crippen MR) is 115 cm³/mol. The van der Waals surface area contributed by atoms with Crippen molar-refractivity contribution in [2.24, 2.45) is 10.1 Å². The van der Waals surface area contributed by atoms with Gasteiger partial charge >= 0.3 is 0 Å². The molecule has 0 bridgehead atoms. The highest BCUT2D eigenvalue weighted by molar-refractivity contribution is 7.89. The van der Waals surface area contributed by atoms with Crippen molar-refractivity contribution in [3.63, 3.8) is 0 Å². The van der Waals surface area contributed by atoms with Gasteiger partial charge in [-0.1, -0.05) is 30.3 Å². The van der Waals surface area contributed by atoms with Gasteiger partial charge in [0, 0.05) is 24.0 Å². The monoisotopic (exact) mass is 414 g/mol. The van der Waals surface area contributed by atoms with Gasteiger partial charge in [0.25, 0.3) is 0 Å². The number of para-hydroxylation sites is 1. The zero-order valence-electron chi connectivity index (χ0n) is 16.6. The van der Waals surface area contributed by atoms with Crippen LogP contribution in [-0.4, -0.2) is 27.5 Å². The molecule has 7 nitrogen and oxygen atoms in total. The van der Waals surface area contributed by atoms with Crippen LogP contribution in [0.5, 0.6) is 0 Å². The summed E-state index contributed by atoms with van der Waals surface area (Å²) in [7, 11) is -3.66. The number of guanidine groups is 1. The number of hydrogen-bond donors (Lipinski definition) is 3. The van der Waals surface area contributed by atoms with Gasteiger partial charge in [-0.2, -0.15) is 0 Å². The van der Waals surface area contributed by atoms with Crippen LogP contribution in [0.4, 0.5) is 0 Å². The lowest BCUT2D eigenvalue weighted by molar-refractivity contribution is 0.548. The summed E-state index contributed by atoms with van der Waals surface area (Å²) in [5.74, 6) is 1.55. The molecule has 2 aromatic carbocycles. The highest BCUT2D eigenvalue weighted by Crippen LogP contribution is 2.25. The Hall–Kier alpha value is -2.84. The molecule has 3 rings (SSSR count). The number of primary sulfonamides is 1. The van der Waals surface area contributed by atoms with E-state index in [0.29, 0.717) is 19.0 Å². The molecule has 0 radical (unpaired) electrons. The largest absolute Gasteiger partial charge is 0.459 e. The third-order valence-corrected chi connectivity index (χ3v) is 5.55. The standard InChI is InChI=1S/C21H26N4O3S/c1-3-23-21(24-13-12-16-8-10-17(11-9-16)29(22,26)27)25-14-20-15(2)18-6-4-5-7-19(18)28-20/h4-11H,3,12-14H2,1-2H3,(H2,22,26,27)(H2,23,24,25). The normalized spacial score (nSPS) is 12.3. The third kappa shape index (κ3) is 5.36. The Bertz CT molecular complexity index is 1100. The van der Waals surface area contributed by atoms with Gasteiger partial charge in [-0.15, -0.1) is 0 Å². The zero-order valence-corrected chi connectivity index (χ0v) is 17.4. The van der Waals surface area contributed by atoms with Crippen LogP contribution < -0.4 is 15.8 Å². The molecule has 0 aliphatic heterocycles. The first-order valence-electron chi connectivity index (χ1n) is 9.49. The Balaban J connectivity index is 1.61. The molecule has 3 aromatic rings. The van der Waals surface area contributed by atoms with Crippen molar-refractivity contribution in [2.45, 2.75) is 31.7 Å². The van der Waals surface area contributed by atoms with Gasteiger partial charge in [0.15, 0.2) is 5.96 Å². The Kier molecular flexibility index (Phi) is 6.56. The maximum absolute atomic E-state index is 11.3. The van der Waals surface area contributed by atoms with E-state index < -0.39 is 10.0 Å². The molecule has 0 amide bonds. The van der Waals surface area contributed by atoms with E-state index in [1.807, 2.05) is 38.1 Å². The maximum Gasteiger partial charge on any atom is 0.238 e. The Morgan fingerprint density at radius 2 is 1.83 bits per heavy atom. The lowest BCUT2D eigenvalue weighted by atomic mass is 10.1. The Morgan fingerprint density at radius 3 is 2.48 bits per heavy atom. The lowest BCUT2D eigenvalue weighted by Crippen LogP contribution is -2.38. The summed E-state index contributed by atoms with van der Waals surface area (Å²) >= 11 is 0. The Morgan fingerprint density at radius 1 is 1.10 bits per heavy atom. The number of rotatable bonds is 7. The zero-order chi connectivity index (χ0) is 20.9. The molecule has 0 saturated heterocycles. The molecule has 0 unspecified atom stereocenters. The van der Waals surface area contributed by atoms with Crippen LogP contribution in [0.25, 0.3) is 11.0 Å². The summed E-state index contributed by atoms with van der Waals surface area (Å²) in [6.45, 7) is 5.89. The number of benzene rings is 2. The fourth-order valence-corrected chi connectivity index (χ4v) is 3.55. The van der Waals surface area contributed by atoms with Crippen molar-refractivity contribution >= 4 is 27.0 Å². The number of furan rings is 1. The van der Waals surface area contributed by atoms with Gasteiger partial charge in [0.05, 0.1) is 4.90 Å². The molecule has 4 N–H and O–H groups in total. The predicted octanol–water partition coefficient (Wildman–Crippen LogP) is 2.69. The summed E-state index contributed by atoms with van der Waals surface area (Å²) in [5, 5.41) is 12.7. The molecule has 0 aliphatic carbocycles. The molecular formula is C21H26N4O3S. The smallest absolute Gasteiger partial charge is 0.238 e. The molecular weight excluding hydrogens is 388 g/mol. The maximum atomic E-state index is 11.3. The highest BCUT2D eigenvalue weighted by Gasteiger charge is 2.10. The molecule has 1 heterocycles. The van der Waals surface area contributed by atoms with Crippen LogP contribution in [0.1, 0.15) is 23.8 Å². The minimum Gasteiger partial charge on any atom is -0.459 e. The van der Waals surface area contributed by atoms with Crippen molar-refractivity contribution in [3.8, 4) is 0 Å². The average Bonchev–Trinajstić information content (AvgIpc) is 3.02. The van der Waals surface area contributed by atoms with Crippen LogP contribution in [0, 0.1) is 6.92 Å². The summed E-state index contributed by atoms with van der Waals surface area (Å²) in [5.41, 5.74) is 2.99. The molecule has 0 saturated carbocycles. The van der Waals surface area contributed by atoms with Crippen molar-refractivity contribution in [1.82, 2.24) is 10.6 Å². The molecule has 0 spiro atoms.